The van der Waals surface area contributed by atoms with Gasteiger partial charge in [0.25, 0.3) is 0 Å². The lowest BCUT2D eigenvalue weighted by atomic mass is 10.2. The second-order valence-electron chi connectivity index (χ2n) is 3.48. The van der Waals surface area contributed by atoms with Gasteiger partial charge >= 0.3 is 5.97 Å². The van der Waals surface area contributed by atoms with Gasteiger partial charge in [0.1, 0.15) is 24.0 Å². The highest BCUT2D eigenvalue weighted by atomic mass is 16.6. The molecular formula is C12H14O4. The van der Waals surface area contributed by atoms with Crippen molar-refractivity contribution < 1.29 is 19.0 Å². The van der Waals surface area contributed by atoms with E-state index in [0.717, 1.165) is 6.61 Å². The van der Waals surface area contributed by atoms with Crippen LogP contribution in [0, 0.1) is 0 Å². The average molecular weight is 222 g/mol. The molecule has 1 aliphatic rings. The number of esters is 1. The Labute approximate surface area is 94.1 Å². The molecule has 0 aromatic heterocycles. The predicted molar refractivity (Wildman–Crippen MR) is 57.6 cm³/mol. The van der Waals surface area contributed by atoms with E-state index in [-0.39, 0.29) is 12.1 Å². The van der Waals surface area contributed by atoms with E-state index in [0.29, 0.717) is 24.5 Å². The number of para-hydroxylation sites is 1. The van der Waals surface area contributed by atoms with Crippen LogP contribution >= 0.6 is 0 Å². The Hall–Kier alpha value is -1.55. The van der Waals surface area contributed by atoms with Crippen LogP contribution in [-0.4, -0.2) is 31.9 Å². The fourth-order valence-corrected chi connectivity index (χ4v) is 1.32. The SMILES string of the molecule is CCOC(=O)c1ccccc1OCC1CO1. The zero-order valence-corrected chi connectivity index (χ0v) is 9.14. The second-order valence-corrected chi connectivity index (χ2v) is 3.48. The van der Waals surface area contributed by atoms with Gasteiger partial charge in [-0.1, -0.05) is 12.1 Å². The van der Waals surface area contributed by atoms with Crippen LogP contribution in [0.4, 0.5) is 0 Å². The number of carbonyl (C=O) groups is 1. The first-order chi connectivity index (χ1) is 7.81. The molecule has 86 valence electrons. The summed E-state index contributed by atoms with van der Waals surface area (Å²) in [5.74, 6) is 0.200. The maximum atomic E-state index is 11.6. The first-order valence-electron chi connectivity index (χ1n) is 5.32. The standard InChI is InChI=1S/C12H14O4/c1-2-14-12(13)10-5-3-4-6-11(10)16-8-9-7-15-9/h3-6,9H,2,7-8H2,1H3. The molecule has 0 bridgehead atoms. The highest BCUT2D eigenvalue weighted by Crippen LogP contribution is 2.20. The Morgan fingerprint density at radius 3 is 2.94 bits per heavy atom. The monoisotopic (exact) mass is 222 g/mol. The number of ether oxygens (including phenoxy) is 3. The van der Waals surface area contributed by atoms with Gasteiger partial charge in [-0.25, -0.2) is 4.79 Å². The summed E-state index contributed by atoms with van der Waals surface area (Å²) in [7, 11) is 0. The molecule has 1 atom stereocenters. The molecule has 0 N–H and O–H groups in total. The third-order valence-corrected chi connectivity index (χ3v) is 2.21. The van der Waals surface area contributed by atoms with Gasteiger partial charge in [0.05, 0.1) is 13.2 Å². The van der Waals surface area contributed by atoms with Crippen LogP contribution in [0.15, 0.2) is 24.3 Å². The molecule has 1 aliphatic heterocycles. The van der Waals surface area contributed by atoms with Gasteiger partial charge in [-0.3, -0.25) is 0 Å². The van der Waals surface area contributed by atoms with Crippen molar-refractivity contribution in [3.63, 3.8) is 0 Å². The third kappa shape index (κ3) is 2.73. The van der Waals surface area contributed by atoms with Crippen LogP contribution < -0.4 is 4.74 Å². The van der Waals surface area contributed by atoms with Crippen molar-refractivity contribution in [3.8, 4) is 5.75 Å². The van der Waals surface area contributed by atoms with E-state index in [1.807, 2.05) is 6.07 Å². The summed E-state index contributed by atoms with van der Waals surface area (Å²) in [6, 6.07) is 7.06. The van der Waals surface area contributed by atoms with E-state index in [9.17, 15) is 4.79 Å². The van der Waals surface area contributed by atoms with Crippen LogP contribution in [0.5, 0.6) is 5.75 Å². The fraction of sp³-hybridized carbons (Fsp3) is 0.417. The summed E-state index contributed by atoms with van der Waals surface area (Å²) >= 11 is 0. The lowest BCUT2D eigenvalue weighted by molar-refractivity contribution is 0.0521. The highest BCUT2D eigenvalue weighted by molar-refractivity contribution is 5.92. The van der Waals surface area contributed by atoms with Crippen molar-refractivity contribution in [1.29, 1.82) is 0 Å². The van der Waals surface area contributed by atoms with E-state index in [1.165, 1.54) is 0 Å². The Balaban J connectivity index is 2.05. The Kier molecular flexibility index (Phi) is 3.41. The maximum Gasteiger partial charge on any atom is 0.341 e. The Bertz CT molecular complexity index is 371. The molecule has 1 fully saturated rings. The van der Waals surface area contributed by atoms with Gasteiger partial charge in [0, 0.05) is 0 Å². The molecule has 2 rings (SSSR count). The summed E-state index contributed by atoms with van der Waals surface area (Å²) in [6.45, 7) is 3.36. The summed E-state index contributed by atoms with van der Waals surface area (Å²) in [4.78, 5) is 11.6. The Morgan fingerprint density at radius 2 is 2.25 bits per heavy atom. The van der Waals surface area contributed by atoms with E-state index in [4.69, 9.17) is 14.2 Å². The van der Waals surface area contributed by atoms with Crippen LogP contribution in [0.2, 0.25) is 0 Å². The maximum absolute atomic E-state index is 11.6. The molecule has 0 spiro atoms. The minimum atomic E-state index is -0.352. The molecular weight excluding hydrogens is 208 g/mol. The van der Waals surface area contributed by atoms with Crippen LogP contribution in [0.25, 0.3) is 0 Å². The van der Waals surface area contributed by atoms with Crippen molar-refractivity contribution in [2.45, 2.75) is 13.0 Å². The van der Waals surface area contributed by atoms with Crippen molar-refractivity contribution >= 4 is 5.97 Å². The summed E-state index contributed by atoms with van der Waals surface area (Å²) in [6.07, 6.45) is 0.176. The second kappa shape index (κ2) is 4.99. The molecule has 0 radical (unpaired) electrons. The molecule has 0 saturated carbocycles. The van der Waals surface area contributed by atoms with Crippen LogP contribution in [-0.2, 0) is 9.47 Å². The molecule has 1 unspecified atom stereocenters. The first kappa shape index (κ1) is 11.0. The van der Waals surface area contributed by atoms with Gasteiger partial charge in [0.2, 0.25) is 0 Å². The molecule has 1 aromatic rings. The third-order valence-electron chi connectivity index (χ3n) is 2.21. The minimum absolute atomic E-state index is 0.176. The fourth-order valence-electron chi connectivity index (χ4n) is 1.32. The van der Waals surface area contributed by atoms with Crippen LogP contribution in [0.3, 0.4) is 0 Å². The average Bonchev–Trinajstić information content (AvgIpc) is 3.11. The number of benzene rings is 1. The zero-order chi connectivity index (χ0) is 11.4. The van der Waals surface area contributed by atoms with Gasteiger partial charge in [-0.05, 0) is 19.1 Å². The minimum Gasteiger partial charge on any atom is -0.490 e. The van der Waals surface area contributed by atoms with E-state index in [2.05, 4.69) is 0 Å². The number of rotatable bonds is 5. The number of carbonyl (C=O) groups excluding carboxylic acids is 1. The van der Waals surface area contributed by atoms with Crippen molar-refractivity contribution in [1.82, 2.24) is 0 Å². The van der Waals surface area contributed by atoms with E-state index < -0.39 is 0 Å². The van der Waals surface area contributed by atoms with Gasteiger partial charge < -0.3 is 14.2 Å². The van der Waals surface area contributed by atoms with Crippen LogP contribution in [0.1, 0.15) is 17.3 Å². The number of hydrogen-bond donors (Lipinski definition) is 0. The van der Waals surface area contributed by atoms with Gasteiger partial charge in [0.15, 0.2) is 0 Å². The summed E-state index contributed by atoms with van der Waals surface area (Å²) < 4.78 is 15.5. The smallest absolute Gasteiger partial charge is 0.341 e. The van der Waals surface area contributed by atoms with E-state index in [1.54, 1.807) is 25.1 Å². The van der Waals surface area contributed by atoms with Gasteiger partial charge in [-0.2, -0.15) is 0 Å². The Morgan fingerprint density at radius 1 is 1.50 bits per heavy atom. The van der Waals surface area contributed by atoms with Crippen molar-refractivity contribution in [3.05, 3.63) is 29.8 Å². The first-order valence-corrected chi connectivity index (χ1v) is 5.32. The molecule has 4 heteroatoms. The molecule has 0 aliphatic carbocycles. The lowest BCUT2D eigenvalue weighted by Crippen LogP contribution is -2.10. The molecule has 1 heterocycles. The van der Waals surface area contributed by atoms with Gasteiger partial charge in [-0.15, -0.1) is 0 Å². The normalized spacial score (nSPS) is 17.9. The predicted octanol–water partition coefficient (Wildman–Crippen LogP) is 1.64. The number of hydrogen-bond acceptors (Lipinski definition) is 4. The number of epoxide rings is 1. The summed E-state index contributed by atoms with van der Waals surface area (Å²) in [5, 5.41) is 0. The molecule has 1 aromatic carbocycles. The lowest BCUT2D eigenvalue weighted by Gasteiger charge is -2.09. The topological polar surface area (TPSA) is 48.1 Å². The van der Waals surface area contributed by atoms with E-state index >= 15 is 0 Å². The molecule has 0 amide bonds. The molecule has 1 saturated heterocycles. The molecule has 16 heavy (non-hydrogen) atoms. The quantitative estimate of drug-likeness (QED) is 0.561. The molecule has 4 nitrogen and oxygen atoms in total. The highest BCUT2D eigenvalue weighted by Gasteiger charge is 2.24. The zero-order valence-electron chi connectivity index (χ0n) is 9.14. The van der Waals surface area contributed by atoms with Crippen molar-refractivity contribution in [2.24, 2.45) is 0 Å². The van der Waals surface area contributed by atoms with Crippen molar-refractivity contribution in [2.75, 3.05) is 19.8 Å². The summed E-state index contributed by atoms with van der Waals surface area (Å²) in [5.41, 5.74) is 0.463. The largest absolute Gasteiger partial charge is 0.490 e.